The molecule has 1 aliphatic heterocycles. The first-order chi connectivity index (χ1) is 8.50. The van der Waals surface area contributed by atoms with Crippen LogP contribution in [0.15, 0.2) is 0 Å². The Morgan fingerprint density at radius 2 is 2.11 bits per heavy atom. The topological polar surface area (TPSA) is 78.4 Å². The minimum absolute atomic E-state index is 0.0651. The number of carboxylic acid groups (broad SMARTS) is 1. The number of hydrogen-bond acceptors (Lipinski definition) is 3. The zero-order valence-electron chi connectivity index (χ0n) is 11.2. The molecule has 18 heavy (non-hydrogen) atoms. The van der Waals surface area contributed by atoms with Crippen LogP contribution in [0.4, 0.5) is 0 Å². The number of carbonyl (C=O) groups excluding carboxylic acids is 1. The molecule has 1 amide bonds. The molecule has 0 aromatic rings. The lowest BCUT2D eigenvalue weighted by Gasteiger charge is -2.23. The molecular weight excluding hydrogens is 232 g/mol. The quantitative estimate of drug-likeness (QED) is 0.662. The molecule has 0 aromatic carbocycles. The van der Waals surface area contributed by atoms with Crippen LogP contribution < -0.4 is 10.6 Å². The number of nitrogens with one attached hydrogen (secondary N) is 2. The Morgan fingerprint density at radius 3 is 2.61 bits per heavy atom. The standard InChI is InChI=1S/C13H24N2O3/c1-9(2)7-10(13(17)18)8-15-12(16)11-5-3-4-6-14-11/h9-11,14H,3-8H2,1-2H3,(H,15,16)(H,17,18). The van der Waals surface area contributed by atoms with Crippen LogP contribution >= 0.6 is 0 Å². The van der Waals surface area contributed by atoms with E-state index in [9.17, 15) is 9.59 Å². The number of aliphatic carboxylic acids is 1. The molecule has 3 N–H and O–H groups in total. The number of hydrogen-bond donors (Lipinski definition) is 3. The summed E-state index contributed by atoms with van der Waals surface area (Å²) in [7, 11) is 0. The first kappa shape index (κ1) is 15.0. The Morgan fingerprint density at radius 1 is 1.39 bits per heavy atom. The average molecular weight is 256 g/mol. The van der Waals surface area contributed by atoms with Gasteiger partial charge >= 0.3 is 5.97 Å². The van der Waals surface area contributed by atoms with Crippen molar-refractivity contribution in [1.29, 1.82) is 0 Å². The van der Waals surface area contributed by atoms with Gasteiger partial charge in [0, 0.05) is 6.54 Å². The average Bonchev–Trinajstić information content (AvgIpc) is 2.34. The highest BCUT2D eigenvalue weighted by molar-refractivity contribution is 5.82. The predicted octanol–water partition coefficient (Wildman–Crippen LogP) is 0.992. The van der Waals surface area contributed by atoms with Crippen molar-refractivity contribution in [2.45, 2.75) is 45.6 Å². The fraction of sp³-hybridized carbons (Fsp3) is 0.846. The van der Waals surface area contributed by atoms with Crippen LogP contribution in [0, 0.1) is 11.8 Å². The van der Waals surface area contributed by atoms with Gasteiger partial charge in [-0.1, -0.05) is 20.3 Å². The molecule has 0 radical (unpaired) electrons. The minimum Gasteiger partial charge on any atom is -0.481 e. The van der Waals surface area contributed by atoms with Crippen LogP contribution in [-0.4, -0.2) is 36.1 Å². The third-order valence-electron chi connectivity index (χ3n) is 3.25. The predicted molar refractivity (Wildman–Crippen MR) is 69.2 cm³/mol. The van der Waals surface area contributed by atoms with Gasteiger partial charge in [0.05, 0.1) is 12.0 Å². The van der Waals surface area contributed by atoms with Crippen LogP contribution in [0.25, 0.3) is 0 Å². The van der Waals surface area contributed by atoms with E-state index in [1.807, 2.05) is 13.8 Å². The highest BCUT2D eigenvalue weighted by atomic mass is 16.4. The van der Waals surface area contributed by atoms with Gasteiger partial charge in [0.25, 0.3) is 0 Å². The first-order valence-corrected chi connectivity index (χ1v) is 6.74. The van der Waals surface area contributed by atoms with E-state index >= 15 is 0 Å². The number of piperidine rings is 1. The van der Waals surface area contributed by atoms with Crippen LogP contribution in [-0.2, 0) is 9.59 Å². The maximum atomic E-state index is 11.8. The van der Waals surface area contributed by atoms with Crippen molar-refractivity contribution >= 4 is 11.9 Å². The van der Waals surface area contributed by atoms with E-state index in [2.05, 4.69) is 10.6 Å². The summed E-state index contributed by atoms with van der Waals surface area (Å²) in [6, 6.07) is -0.146. The Balaban J connectivity index is 2.36. The third kappa shape index (κ3) is 5.04. The first-order valence-electron chi connectivity index (χ1n) is 6.74. The van der Waals surface area contributed by atoms with Gasteiger partial charge in [0.15, 0.2) is 0 Å². The highest BCUT2D eigenvalue weighted by Crippen LogP contribution is 2.12. The van der Waals surface area contributed by atoms with Crippen molar-refractivity contribution in [3.63, 3.8) is 0 Å². The monoisotopic (exact) mass is 256 g/mol. The summed E-state index contributed by atoms with van der Waals surface area (Å²) in [6.07, 6.45) is 3.59. The zero-order chi connectivity index (χ0) is 13.5. The molecule has 0 saturated carbocycles. The summed E-state index contributed by atoms with van der Waals surface area (Å²) < 4.78 is 0. The van der Waals surface area contributed by atoms with E-state index in [1.165, 1.54) is 0 Å². The van der Waals surface area contributed by atoms with Gasteiger partial charge in [-0.15, -0.1) is 0 Å². The zero-order valence-corrected chi connectivity index (χ0v) is 11.2. The molecule has 0 aromatic heterocycles. The molecule has 2 atom stereocenters. The number of carboxylic acids is 1. The van der Waals surface area contributed by atoms with Crippen LogP contribution in [0.5, 0.6) is 0 Å². The van der Waals surface area contributed by atoms with E-state index in [1.54, 1.807) is 0 Å². The van der Waals surface area contributed by atoms with Crippen LogP contribution in [0.3, 0.4) is 0 Å². The molecule has 0 spiro atoms. The molecule has 0 aliphatic carbocycles. The van der Waals surface area contributed by atoms with E-state index in [4.69, 9.17) is 5.11 Å². The fourth-order valence-electron chi connectivity index (χ4n) is 2.26. The van der Waals surface area contributed by atoms with E-state index in [0.29, 0.717) is 12.3 Å². The maximum Gasteiger partial charge on any atom is 0.308 e. The molecule has 1 aliphatic rings. The Hall–Kier alpha value is -1.10. The van der Waals surface area contributed by atoms with Crippen molar-refractivity contribution in [3.8, 4) is 0 Å². The lowest BCUT2D eigenvalue weighted by atomic mass is 9.97. The van der Waals surface area contributed by atoms with E-state index in [0.717, 1.165) is 25.8 Å². The summed E-state index contributed by atoms with van der Waals surface area (Å²) in [5, 5.41) is 15.0. The molecule has 0 bridgehead atoms. The minimum atomic E-state index is -0.833. The summed E-state index contributed by atoms with van der Waals surface area (Å²) >= 11 is 0. The van der Waals surface area contributed by atoms with Gasteiger partial charge in [-0.25, -0.2) is 0 Å². The number of carbonyl (C=O) groups is 2. The molecule has 2 unspecified atom stereocenters. The van der Waals surface area contributed by atoms with Gasteiger partial charge in [-0.05, 0) is 31.7 Å². The van der Waals surface area contributed by atoms with Crippen molar-refractivity contribution in [3.05, 3.63) is 0 Å². The number of amides is 1. The summed E-state index contributed by atoms with van der Waals surface area (Å²) in [5.74, 6) is -1.07. The molecule has 1 heterocycles. The van der Waals surface area contributed by atoms with Gasteiger partial charge < -0.3 is 15.7 Å². The normalized spacial score (nSPS) is 21.6. The fourth-order valence-corrected chi connectivity index (χ4v) is 2.26. The second kappa shape index (κ2) is 7.36. The highest BCUT2D eigenvalue weighted by Gasteiger charge is 2.23. The summed E-state index contributed by atoms with van der Waals surface area (Å²) in [5.41, 5.74) is 0. The van der Waals surface area contributed by atoms with Crippen LogP contribution in [0.2, 0.25) is 0 Å². The van der Waals surface area contributed by atoms with Crippen molar-refractivity contribution < 1.29 is 14.7 Å². The van der Waals surface area contributed by atoms with E-state index < -0.39 is 11.9 Å². The molecule has 1 rings (SSSR count). The molecule has 5 nitrogen and oxygen atoms in total. The molecule has 104 valence electrons. The number of rotatable bonds is 6. The van der Waals surface area contributed by atoms with Gasteiger partial charge in [-0.2, -0.15) is 0 Å². The summed E-state index contributed by atoms with van der Waals surface area (Å²) in [6.45, 7) is 5.07. The van der Waals surface area contributed by atoms with Crippen molar-refractivity contribution in [2.75, 3.05) is 13.1 Å². The third-order valence-corrected chi connectivity index (χ3v) is 3.25. The van der Waals surface area contributed by atoms with Gasteiger partial charge in [0.1, 0.15) is 0 Å². The smallest absolute Gasteiger partial charge is 0.308 e. The van der Waals surface area contributed by atoms with Gasteiger partial charge in [-0.3, -0.25) is 9.59 Å². The Bertz CT molecular complexity index is 286. The Kier molecular flexibility index (Phi) is 6.12. The van der Waals surface area contributed by atoms with Crippen LogP contribution in [0.1, 0.15) is 39.5 Å². The second-order valence-electron chi connectivity index (χ2n) is 5.41. The molecular formula is C13H24N2O3. The largest absolute Gasteiger partial charge is 0.481 e. The summed E-state index contributed by atoms with van der Waals surface area (Å²) in [4.78, 5) is 22.9. The van der Waals surface area contributed by atoms with E-state index in [-0.39, 0.29) is 18.5 Å². The second-order valence-corrected chi connectivity index (χ2v) is 5.41. The molecule has 5 heteroatoms. The molecule has 1 fully saturated rings. The SMILES string of the molecule is CC(C)CC(CNC(=O)C1CCCCN1)C(=O)O. The Labute approximate surface area is 108 Å². The lowest BCUT2D eigenvalue weighted by Crippen LogP contribution is -2.48. The van der Waals surface area contributed by atoms with Crippen molar-refractivity contribution in [1.82, 2.24) is 10.6 Å². The maximum absolute atomic E-state index is 11.8. The lowest BCUT2D eigenvalue weighted by molar-refractivity contribution is -0.142. The van der Waals surface area contributed by atoms with Crippen molar-refractivity contribution in [2.24, 2.45) is 11.8 Å². The molecule has 1 saturated heterocycles. The van der Waals surface area contributed by atoms with Gasteiger partial charge in [0.2, 0.25) is 5.91 Å².